The summed E-state index contributed by atoms with van der Waals surface area (Å²) in [6.07, 6.45) is 1.89. The molecule has 1 saturated heterocycles. The van der Waals surface area contributed by atoms with Gasteiger partial charge in [-0.15, -0.1) is 0 Å². The van der Waals surface area contributed by atoms with E-state index in [1.54, 1.807) is 0 Å². The molecule has 1 aliphatic heterocycles. The van der Waals surface area contributed by atoms with Crippen LogP contribution in [-0.2, 0) is 9.53 Å². The molecule has 0 spiro atoms. The van der Waals surface area contributed by atoms with Crippen LogP contribution in [0.25, 0.3) is 0 Å². The molecular weight excluding hydrogens is 206 g/mol. The van der Waals surface area contributed by atoms with E-state index in [1.807, 2.05) is 0 Å². The second-order valence-corrected chi connectivity index (χ2v) is 5.80. The van der Waals surface area contributed by atoms with Crippen LogP contribution in [0.15, 0.2) is 0 Å². The molecule has 1 aliphatic rings. The number of hydrogen-bond donors (Lipinski definition) is 3. The quantitative estimate of drug-likeness (QED) is 0.370. The van der Waals surface area contributed by atoms with Gasteiger partial charge in [0.1, 0.15) is 6.61 Å². The lowest BCUT2D eigenvalue weighted by Gasteiger charge is -2.46. The fourth-order valence-corrected chi connectivity index (χ4v) is 2.58. The van der Waals surface area contributed by atoms with Gasteiger partial charge in [0.05, 0.1) is 6.10 Å². The van der Waals surface area contributed by atoms with Crippen LogP contribution in [0.2, 0.25) is 0 Å². The number of nitrogens with one attached hydrogen (secondary N) is 2. The average molecular weight is 229 g/mol. The van der Waals surface area contributed by atoms with Gasteiger partial charge in [-0.25, -0.2) is 5.84 Å². The Morgan fingerprint density at radius 1 is 1.38 bits per heavy atom. The number of ether oxygens (including phenoxy) is 1. The predicted molar refractivity (Wildman–Crippen MR) is 62.6 cm³/mol. The number of hydrogen-bond acceptors (Lipinski definition) is 4. The Hall–Kier alpha value is -0.650. The monoisotopic (exact) mass is 229 g/mol. The second kappa shape index (κ2) is 4.69. The zero-order valence-corrected chi connectivity index (χ0v) is 10.6. The smallest absolute Gasteiger partial charge is 0.259 e. The lowest BCUT2D eigenvalue weighted by atomic mass is 9.81. The summed E-state index contributed by atoms with van der Waals surface area (Å²) in [5, 5.41) is 3.56. The zero-order valence-electron chi connectivity index (χ0n) is 10.6. The Kier molecular flexibility index (Phi) is 3.93. The molecule has 1 amide bonds. The number of piperidine rings is 1. The third-order valence-corrected chi connectivity index (χ3v) is 2.76. The van der Waals surface area contributed by atoms with E-state index in [1.165, 1.54) is 0 Å². The number of amides is 1. The van der Waals surface area contributed by atoms with Gasteiger partial charge in [0.25, 0.3) is 5.91 Å². The summed E-state index contributed by atoms with van der Waals surface area (Å²) < 4.78 is 5.57. The molecule has 0 aromatic rings. The number of carbonyl (C=O) groups is 1. The number of rotatable bonds is 3. The molecule has 0 saturated carbocycles. The van der Waals surface area contributed by atoms with Crippen LogP contribution in [-0.4, -0.2) is 29.7 Å². The van der Waals surface area contributed by atoms with Crippen LogP contribution in [0, 0.1) is 0 Å². The number of hydrazine groups is 1. The van der Waals surface area contributed by atoms with Gasteiger partial charge in [-0.1, -0.05) is 0 Å². The normalized spacial score (nSPS) is 24.1. The van der Waals surface area contributed by atoms with E-state index in [0.29, 0.717) is 0 Å². The van der Waals surface area contributed by atoms with E-state index >= 15 is 0 Å². The van der Waals surface area contributed by atoms with Gasteiger partial charge in [-0.3, -0.25) is 10.2 Å². The highest BCUT2D eigenvalue weighted by atomic mass is 16.5. The summed E-state index contributed by atoms with van der Waals surface area (Å²) in [4.78, 5) is 11.0. The first kappa shape index (κ1) is 13.4. The van der Waals surface area contributed by atoms with Gasteiger partial charge in [0.2, 0.25) is 0 Å². The fourth-order valence-electron chi connectivity index (χ4n) is 2.58. The van der Waals surface area contributed by atoms with Gasteiger partial charge in [0, 0.05) is 11.1 Å². The van der Waals surface area contributed by atoms with Crippen molar-refractivity contribution in [3.05, 3.63) is 0 Å². The van der Waals surface area contributed by atoms with Crippen LogP contribution in [0.5, 0.6) is 0 Å². The van der Waals surface area contributed by atoms with Crippen molar-refractivity contribution in [2.75, 3.05) is 6.61 Å². The molecule has 0 aliphatic carbocycles. The summed E-state index contributed by atoms with van der Waals surface area (Å²) >= 11 is 0. The Morgan fingerprint density at radius 2 is 1.88 bits per heavy atom. The first-order valence-electron chi connectivity index (χ1n) is 5.64. The summed E-state index contributed by atoms with van der Waals surface area (Å²) in [6.45, 7) is 8.62. The molecule has 0 bridgehead atoms. The van der Waals surface area contributed by atoms with E-state index in [4.69, 9.17) is 10.6 Å². The van der Waals surface area contributed by atoms with Crippen molar-refractivity contribution in [2.24, 2.45) is 5.84 Å². The molecule has 16 heavy (non-hydrogen) atoms. The van der Waals surface area contributed by atoms with Gasteiger partial charge < -0.3 is 10.1 Å². The molecule has 0 aromatic carbocycles. The Bertz CT molecular complexity index is 248. The first-order valence-corrected chi connectivity index (χ1v) is 5.64. The molecule has 4 N–H and O–H groups in total. The number of nitrogens with two attached hydrogens (primary N) is 1. The summed E-state index contributed by atoms with van der Waals surface area (Å²) in [5.41, 5.74) is 2.13. The molecule has 0 atom stereocenters. The molecule has 5 heteroatoms. The van der Waals surface area contributed by atoms with E-state index in [2.05, 4.69) is 38.4 Å². The fraction of sp³-hybridized carbons (Fsp3) is 0.909. The Labute approximate surface area is 97.1 Å². The predicted octanol–water partition coefficient (Wildman–Crippen LogP) is 0.302. The van der Waals surface area contributed by atoms with Crippen LogP contribution in [0.3, 0.4) is 0 Å². The van der Waals surface area contributed by atoms with Crippen molar-refractivity contribution < 1.29 is 9.53 Å². The van der Waals surface area contributed by atoms with Gasteiger partial charge in [-0.05, 0) is 40.5 Å². The minimum absolute atomic E-state index is 0.0333. The van der Waals surface area contributed by atoms with E-state index in [-0.39, 0.29) is 29.7 Å². The minimum atomic E-state index is -0.283. The van der Waals surface area contributed by atoms with Crippen molar-refractivity contribution in [3.8, 4) is 0 Å². The highest BCUT2D eigenvalue weighted by molar-refractivity contribution is 5.76. The Balaban J connectivity index is 2.51. The maximum Gasteiger partial charge on any atom is 0.259 e. The molecule has 5 nitrogen and oxygen atoms in total. The van der Waals surface area contributed by atoms with Crippen LogP contribution in [0.4, 0.5) is 0 Å². The van der Waals surface area contributed by atoms with Crippen LogP contribution in [0.1, 0.15) is 40.5 Å². The third kappa shape index (κ3) is 4.08. The molecule has 0 unspecified atom stereocenters. The van der Waals surface area contributed by atoms with Crippen LogP contribution < -0.4 is 16.6 Å². The van der Waals surface area contributed by atoms with Gasteiger partial charge in [-0.2, -0.15) is 0 Å². The summed E-state index contributed by atoms with van der Waals surface area (Å²) in [7, 11) is 0. The van der Waals surface area contributed by atoms with Crippen molar-refractivity contribution in [1.82, 2.24) is 10.7 Å². The molecule has 0 radical (unpaired) electrons. The first-order chi connectivity index (χ1) is 7.24. The maximum atomic E-state index is 11.0. The SMILES string of the molecule is CC1(C)CC(OCC(=O)NN)CC(C)(C)N1. The molecular formula is C11H23N3O2. The molecule has 1 fully saturated rings. The lowest BCUT2D eigenvalue weighted by molar-refractivity contribution is -0.130. The lowest BCUT2D eigenvalue weighted by Crippen LogP contribution is -2.59. The zero-order chi connectivity index (χ0) is 12.4. The topological polar surface area (TPSA) is 76.4 Å². The van der Waals surface area contributed by atoms with E-state index in [9.17, 15) is 4.79 Å². The van der Waals surface area contributed by atoms with Gasteiger partial charge >= 0.3 is 0 Å². The highest BCUT2D eigenvalue weighted by Crippen LogP contribution is 2.30. The second-order valence-electron chi connectivity index (χ2n) is 5.80. The molecule has 1 rings (SSSR count). The Morgan fingerprint density at radius 3 is 2.31 bits per heavy atom. The van der Waals surface area contributed by atoms with Crippen molar-refractivity contribution in [1.29, 1.82) is 0 Å². The highest BCUT2D eigenvalue weighted by Gasteiger charge is 2.38. The average Bonchev–Trinajstić information content (AvgIpc) is 2.09. The van der Waals surface area contributed by atoms with Crippen molar-refractivity contribution >= 4 is 5.91 Å². The van der Waals surface area contributed by atoms with Crippen molar-refractivity contribution in [2.45, 2.75) is 57.7 Å². The van der Waals surface area contributed by atoms with Gasteiger partial charge in [0.15, 0.2) is 0 Å². The molecule has 1 heterocycles. The largest absolute Gasteiger partial charge is 0.368 e. The summed E-state index contributed by atoms with van der Waals surface area (Å²) in [6, 6.07) is 0. The van der Waals surface area contributed by atoms with Crippen LogP contribution >= 0.6 is 0 Å². The number of carbonyl (C=O) groups excluding carboxylic acids is 1. The molecule has 0 aromatic heterocycles. The minimum Gasteiger partial charge on any atom is -0.368 e. The summed E-state index contributed by atoms with van der Waals surface area (Å²) in [5.74, 6) is 4.72. The third-order valence-electron chi connectivity index (χ3n) is 2.76. The standard InChI is InChI=1S/C11H23N3O2/c1-10(2)5-8(6-11(3,4)14-10)16-7-9(15)13-12/h8,14H,5-7,12H2,1-4H3,(H,13,15). The van der Waals surface area contributed by atoms with E-state index < -0.39 is 0 Å². The molecule has 94 valence electrons. The maximum absolute atomic E-state index is 11.0. The van der Waals surface area contributed by atoms with E-state index in [0.717, 1.165) is 12.8 Å². The van der Waals surface area contributed by atoms with Crippen molar-refractivity contribution in [3.63, 3.8) is 0 Å².